The molecule has 1 atom stereocenters. The third kappa shape index (κ3) is 3.19. The zero-order valence-electron chi connectivity index (χ0n) is 10.7. The molecule has 1 N–H and O–H groups in total. The van der Waals surface area contributed by atoms with Gasteiger partial charge in [0.15, 0.2) is 0 Å². The number of nitrogens with zero attached hydrogens (tertiary/aromatic N) is 1. The van der Waals surface area contributed by atoms with Crippen molar-refractivity contribution in [2.24, 2.45) is 5.41 Å². The Bertz CT molecular complexity index is 355. The summed E-state index contributed by atoms with van der Waals surface area (Å²) in [5.74, 6) is -0.173. The SMILES string of the molecule is CN(CC1(C)CCCNC1)c1ccc(F)cc1. The van der Waals surface area contributed by atoms with Gasteiger partial charge >= 0.3 is 0 Å². The lowest BCUT2D eigenvalue weighted by Gasteiger charge is -2.38. The highest BCUT2D eigenvalue weighted by molar-refractivity contribution is 5.45. The maximum atomic E-state index is 12.9. The first kappa shape index (κ1) is 12.4. The number of nitrogens with one attached hydrogen (secondary N) is 1. The summed E-state index contributed by atoms with van der Waals surface area (Å²) in [6, 6.07) is 6.73. The molecule has 1 unspecified atom stereocenters. The van der Waals surface area contributed by atoms with Crippen molar-refractivity contribution in [1.82, 2.24) is 5.32 Å². The van der Waals surface area contributed by atoms with Gasteiger partial charge in [0.1, 0.15) is 5.82 Å². The number of rotatable bonds is 3. The number of anilines is 1. The van der Waals surface area contributed by atoms with Crippen molar-refractivity contribution < 1.29 is 4.39 Å². The van der Waals surface area contributed by atoms with Crippen LogP contribution in [0.25, 0.3) is 0 Å². The Balaban J connectivity index is 2.00. The Hall–Kier alpha value is -1.09. The van der Waals surface area contributed by atoms with Gasteiger partial charge in [-0.25, -0.2) is 4.39 Å². The molecule has 1 fully saturated rings. The van der Waals surface area contributed by atoms with Crippen molar-refractivity contribution in [3.8, 4) is 0 Å². The van der Waals surface area contributed by atoms with E-state index in [-0.39, 0.29) is 5.82 Å². The van der Waals surface area contributed by atoms with Crippen LogP contribution < -0.4 is 10.2 Å². The van der Waals surface area contributed by atoms with Crippen molar-refractivity contribution in [3.05, 3.63) is 30.1 Å². The Morgan fingerprint density at radius 1 is 1.35 bits per heavy atom. The largest absolute Gasteiger partial charge is 0.374 e. The Morgan fingerprint density at radius 2 is 2.06 bits per heavy atom. The smallest absolute Gasteiger partial charge is 0.123 e. The molecular weight excluding hydrogens is 215 g/mol. The summed E-state index contributed by atoms with van der Waals surface area (Å²) in [5, 5.41) is 3.45. The van der Waals surface area contributed by atoms with Crippen LogP contribution in [-0.4, -0.2) is 26.7 Å². The van der Waals surface area contributed by atoms with Gasteiger partial charge in [0.05, 0.1) is 0 Å². The van der Waals surface area contributed by atoms with Crippen LogP contribution in [0.5, 0.6) is 0 Å². The van der Waals surface area contributed by atoms with Crippen LogP contribution in [0, 0.1) is 11.2 Å². The van der Waals surface area contributed by atoms with Crippen LogP contribution in [0.15, 0.2) is 24.3 Å². The highest BCUT2D eigenvalue weighted by atomic mass is 19.1. The molecule has 1 aliphatic rings. The molecule has 0 amide bonds. The van der Waals surface area contributed by atoms with Gasteiger partial charge in [-0.2, -0.15) is 0 Å². The van der Waals surface area contributed by atoms with Crippen molar-refractivity contribution in [1.29, 1.82) is 0 Å². The third-order valence-electron chi connectivity index (χ3n) is 3.57. The molecular formula is C14H21FN2. The molecule has 0 saturated carbocycles. The van der Waals surface area contributed by atoms with Gasteiger partial charge in [0.2, 0.25) is 0 Å². The second-order valence-corrected chi connectivity index (χ2v) is 5.42. The van der Waals surface area contributed by atoms with E-state index >= 15 is 0 Å². The molecule has 0 aliphatic carbocycles. The first-order valence-corrected chi connectivity index (χ1v) is 6.27. The van der Waals surface area contributed by atoms with E-state index < -0.39 is 0 Å². The summed E-state index contributed by atoms with van der Waals surface area (Å²) in [6.07, 6.45) is 2.50. The summed E-state index contributed by atoms with van der Waals surface area (Å²) in [5.41, 5.74) is 1.40. The van der Waals surface area contributed by atoms with Gasteiger partial charge in [0, 0.05) is 25.8 Å². The van der Waals surface area contributed by atoms with Crippen LogP contribution in [0.1, 0.15) is 19.8 Å². The first-order chi connectivity index (χ1) is 8.09. The minimum absolute atomic E-state index is 0.173. The lowest BCUT2D eigenvalue weighted by Crippen LogP contribution is -2.44. The number of hydrogen-bond donors (Lipinski definition) is 1. The predicted molar refractivity (Wildman–Crippen MR) is 69.9 cm³/mol. The Kier molecular flexibility index (Phi) is 3.67. The topological polar surface area (TPSA) is 15.3 Å². The van der Waals surface area contributed by atoms with E-state index in [0.717, 1.165) is 25.3 Å². The summed E-state index contributed by atoms with van der Waals surface area (Å²) in [4.78, 5) is 2.21. The fourth-order valence-electron chi connectivity index (χ4n) is 2.61. The normalized spacial score (nSPS) is 24.6. The average molecular weight is 236 g/mol. The molecule has 0 radical (unpaired) electrons. The van der Waals surface area contributed by atoms with E-state index in [0.29, 0.717) is 5.41 Å². The van der Waals surface area contributed by atoms with Gasteiger partial charge in [-0.3, -0.25) is 0 Å². The third-order valence-corrected chi connectivity index (χ3v) is 3.57. The summed E-state index contributed by atoms with van der Waals surface area (Å²) in [7, 11) is 2.08. The van der Waals surface area contributed by atoms with E-state index in [2.05, 4.69) is 24.2 Å². The minimum atomic E-state index is -0.173. The number of piperidine rings is 1. The highest BCUT2D eigenvalue weighted by Crippen LogP contribution is 2.28. The quantitative estimate of drug-likeness (QED) is 0.868. The van der Waals surface area contributed by atoms with Crippen LogP contribution >= 0.6 is 0 Å². The number of hydrogen-bond acceptors (Lipinski definition) is 2. The molecule has 2 nitrogen and oxygen atoms in total. The van der Waals surface area contributed by atoms with Crippen molar-refractivity contribution in [2.45, 2.75) is 19.8 Å². The minimum Gasteiger partial charge on any atom is -0.374 e. The summed E-state index contributed by atoms with van der Waals surface area (Å²) >= 11 is 0. The molecule has 94 valence electrons. The molecule has 2 rings (SSSR count). The highest BCUT2D eigenvalue weighted by Gasteiger charge is 2.28. The average Bonchev–Trinajstić information content (AvgIpc) is 2.30. The molecule has 1 aromatic carbocycles. The van der Waals surface area contributed by atoms with Gasteiger partial charge < -0.3 is 10.2 Å². The van der Waals surface area contributed by atoms with Crippen molar-refractivity contribution in [3.63, 3.8) is 0 Å². The fourth-order valence-corrected chi connectivity index (χ4v) is 2.61. The fraction of sp³-hybridized carbons (Fsp3) is 0.571. The molecule has 17 heavy (non-hydrogen) atoms. The standard InChI is InChI=1S/C14H21FN2/c1-14(8-3-9-16-10-14)11-17(2)13-6-4-12(15)5-7-13/h4-7,16H,3,8-11H2,1-2H3. The van der Waals surface area contributed by atoms with E-state index in [1.165, 1.54) is 25.0 Å². The molecule has 0 bridgehead atoms. The van der Waals surface area contributed by atoms with Crippen LogP contribution in [0.4, 0.5) is 10.1 Å². The van der Waals surface area contributed by atoms with Crippen LogP contribution in [-0.2, 0) is 0 Å². The first-order valence-electron chi connectivity index (χ1n) is 6.27. The zero-order valence-corrected chi connectivity index (χ0v) is 10.7. The summed E-state index contributed by atoms with van der Waals surface area (Å²) in [6.45, 7) is 5.53. The number of benzene rings is 1. The van der Waals surface area contributed by atoms with Gasteiger partial charge in [-0.1, -0.05) is 6.92 Å². The number of halogens is 1. The molecule has 1 heterocycles. The molecule has 3 heteroatoms. The Morgan fingerprint density at radius 3 is 2.65 bits per heavy atom. The van der Waals surface area contributed by atoms with Gasteiger partial charge in [-0.15, -0.1) is 0 Å². The molecule has 0 aromatic heterocycles. The maximum absolute atomic E-state index is 12.9. The van der Waals surface area contributed by atoms with E-state index in [4.69, 9.17) is 0 Å². The van der Waals surface area contributed by atoms with Crippen LogP contribution in [0.2, 0.25) is 0 Å². The van der Waals surface area contributed by atoms with Gasteiger partial charge in [-0.05, 0) is 49.1 Å². The van der Waals surface area contributed by atoms with E-state index in [9.17, 15) is 4.39 Å². The van der Waals surface area contributed by atoms with Crippen LogP contribution in [0.3, 0.4) is 0 Å². The maximum Gasteiger partial charge on any atom is 0.123 e. The second kappa shape index (κ2) is 5.05. The van der Waals surface area contributed by atoms with E-state index in [1.807, 2.05) is 12.1 Å². The zero-order chi connectivity index (χ0) is 12.3. The summed E-state index contributed by atoms with van der Waals surface area (Å²) < 4.78 is 12.9. The lowest BCUT2D eigenvalue weighted by molar-refractivity contribution is 0.243. The lowest BCUT2D eigenvalue weighted by atomic mass is 9.82. The molecule has 0 spiro atoms. The predicted octanol–water partition coefficient (Wildman–Crippen LogP) is 2.65. The van der Waals surface area contributed by atoms with E-state index in [1.54, 1.807) is 0 Å². The second-order valence-electron chi connectivity index (χ2n) is 5.42. The van der Waals surface area contributed by atoms with Crippen molar-refractivity contribution >= 4 is 5.69 Å². The monoisotopic (exact) mass is 236 g/mol. The van der Waals surface area contributed by atoms with Gasteiger partial charge in [0.25, 0.3) is 0 Å². The van der Waals surface area contributed by atoms with Crippen molar-refractivity contribution in [2.75, 3.05) is 31.6 Å². The molecule has 1 aliphatic heterocycles. The molecule has 1 saturated heterocycles. The molecule has 1 aromatic rings. The Labute approximate surface area is 103 Å².